The molecule has 1 amide bonds. The summed E-state index contributed by atoms with van der Waals surface area (Å²) in [6, 6.07) is 31.7. The molecule has 3 aliphatic rings. The molecular formula is C65H80FN3O10. The van der Waals surface area contributed by atoms with Crippen LogP contribution in [0.5, 0.6) is 11.5 Å². The van der Waals surface area contributed by atoms with Gasteiger partial charge in [0, 0.05) is 48.8 Å². The summed E-state index contributed by atoms with van der Waals surface area (Å²) in [5.41, 5.74) is 4.25. The predicted octanol–water partition coefficient (Wildman–Crippen LogP) is 14.9. The number of allylic oxidation sites excluding steroid dienone is 1. The lowest BCUT2D eigenvalue weighted by Crippen LogP contribution is -2.70. The Bertz CT molecular complexity index is 2830. The summed E-state index contributed by atoms with van der Waals surface area (Å²) in [4.78, 5) is 34.6. The topological polar surface area (TPSA) is 162 Å². The number of hydrogen-bond acceptors (Lipinski definition) is 11. The van der Waals surface area contributed by atoms with Crippen molar-refractivity contribution in [2.75, 3.05) is 26.4 Å². The van der Waals surface area contributed by atoms with E-state index in [0.717, 1.165) is 72.4 Å². The van der Waals surface area contributed by atoms with Gasteiger partial charge < -0.3 is 34.0 Å². The number of carbonyl (C=O) groups is 1. The number of rotatable bonds is 32. The van der Waals surface area contributed by atoms with Crippen LogP contribution in [0.15, 0.2) is 139 Å². The van der Waals surface area contributed by atoms with Gasteiger partial charge in [0.1, 0.15) is 36.6 Å². The normalized spacial score (nSPS) is 20.6. The van der Waals surface area contributed by atoms with Crippen molar-refractivity contribution in [3.63, 3.8) is 0 Å². The Kier molecular flexibility index (Phi) is 21.9. The molecule has 0 aromatic heterocycles. The molecule has 1 fully saturated rings. The molecule has 0 saturated heterocycles. The Hall–Kier alpha value is -6.61. The van der Waals surface area contributed by atoms with Crippen molar-refractivity contribution in [2.45, 2.75) is 154 Å². The first-order chi connectivity index (χ1) is 38.7. The van der Waals surface area contributed by atoms with Crippen molar-refractivity contribution in [3.8, 4) is 11.5 Å². The van der Waals surface area contributed by atoms with Crippen LogP contribution in [-0.2, 0) is 34.1 Å². The highest BCUT2D eigenvalue weighted by molar-refractivity contribution is 6.03. The van der Waals surface area contributed by atoms with Crippen molar-refractivity contribution in [1.82, 2.24) is 4.90 Å². The van der Waals surface area contributed by atoms with E-state index in [-0.39, 0.29) is 81.9 Å². The minimum atomic E-state index is -1.57. The lowest BCUT2D eigenvalue weighted by molar-refractivity contribution is -0.384. The van der Waals surface area contributed by atoms with E-state index >= 15 is 9.18 Å². The molecule has 6 atom stereocenters. The fourth-order valence-electron chi connectivity index (χ4n) is 12.2. The van der Waals surface area contributed by atoms with Crippen LogP contribution in [0.25, 0.3) is 10.8 Å². The lowest BCUT2D eigenvalue weighted by atomic mass is 9.55. The fourth-order valence-corrected chi connectivity index (χ4v) is 12.2. The van der Waals surface area contributed by atoms with Gasteiger partial charge in [-0.25, -0.2) is 9.18 Å². The predicted molar refractivity (Wildman–Crippen MR) is 306 cm³/mol. The highest BCUT2D eigenvalue weighted by atomic mass is 19.1. The smallest absolute Gasteiger partial charge is 0.410 e. The number of non-ortho nitro benzene ring substituents is 1. The van der Waals surface area contributed by atoms with Crippen LogP contribution in [0.3, 0.4) is 0 Å². The monoisotopic (exact) mass is 1080 g/mol. The zero-order valence-corrected chi connectivity index (χ0v) is 46.0. The number of hydrogen-bond donors (Lipinski definition) is 2. The number of unbranched alkanes of at least 4 members (excludes halogenated alkanes) is 11. The molecule has 0 radical (unpaired) electrons. The second-order valence-electron chi connectivity index (χ2n) is 21.4. The van der Waals surface area contributed by atoms with Gasteiger partial charge in [0.05, 0.1) is 36.3 Å². The van der Waals surface area contributed by atoms with E-state index in [2.05, 4.69) is 37.8 Å². The first-order valence-electron chi connectivity index (χ1n) is 28.9. The third-order valence-electron chi connectivity index (χ3n) is 16.1. The Balaban J connectivity index is 1.26. The van der Waals surface area contributed by atoms with Crippen molar-refractivity contribution in [3.05, 3.63) is 172 Å². The van der Waals surface area contributed by atoms with E-state index in [1.807, 2.05) is 42.5 Å². The number of oxime groups is 1. The summed E-state index contributed by atoms with van der Waals surface area (Å²) in [7, 11) is 0. The molecule has 2 aliphatic carbocycles. The Morgan fingerprint density at radius 3 is 2.27 bits per heavy atom. The van der Waals surface area contributed by atoms with Crippen LogP contribution in [-0.4, -0.2) is 70.1 Å². The number of aliphatic hydroxyl groups is 2. The molecule has 422 valence electrons. The number of aliphatic hydroxyl groups excluding tert-OH is 2. The summed E-state index contributed by atoms with van der Waals surface area (Å²) in [6.07, 6.45) is 19.1. The molecule has 0 bridgehead atoms. The van der Waals surface area contributed by atoms with E-state index in [1.165, 1.54) is 56.7 Å². The third-order valence-corrected chi connectivity index (χ3v) is 16.1. The third kappa shape index (κ3) is 14.8. The summed E-state index contributed by atoms with van der Waals surface area (Å²) in [6.45, 7) is 6.87. The first-order valence-corrected chi connectivity index (χ1v) is 28.9. The van der Waals surface area contributed by atoms with Crippen molar-refractivity contribution < 1.29 is 48.1 Å². The number of fused-ring (bicyclic) bond motifs is 3. The number of benzene rings is 5. The van der Waals surface area contributed by atoms with Crippen LogP contribution < -0.4 is 9.47 Å². The van der Waals surface area contributed by atoms with Crippen LogP contribution in [0, 0.1) is 33.7 Å². The fraction of sp³-hybridized carbons (Fsp3) is 0.477. The van der Waals surface area contributed by atoms with Gasteiger partial charge in [-0.15, -0.1) is 6.58 Å². The van der Waals surface area contributed by atoms with Gasteiger partial charge >= 0.3 is 6.09 Å². The maximum Gasteiger partial charge on any atom is 0.410 e. The maximum atomic E-state index is 15.5. The van der Waals surface area contributed by atoms with Gasteiger partial charge in [0.2, 0.25) is 5.79 Å². The average molecular weight is 1080 g/mol. The van der Waals surface area contributed by atoms with Crippen molar-refractivity contribution in [1.29, 1.82) is 0 Å². The Morgan fingerprint density at radius 1 is 0.835 bits per heavy atom. The molecule has 2 N–H and O–H groups in total. The van der Waals surface area contributed by atoms with Gasteiger partial charge in [-0.3, -0.25) is 15.0 Å². The number of halogens is 1. The quantitative estimate of drug-likeness (QED) is 0.0183. The molecule has 79 heavy (non-hydrogen) atoms. The second kappa shape index (κ2) is 29.6. The second-order valence-corrected chi connectivity index (χ2v) is 21.4. The minimum absolute atomic E-state index is 0.00297. The molecule has 1 aliphatic heterocycles. The van der Waals surface area contributed by atoms with Crippen molar-refractivity contribution in [2.24, 2.45) is 22.9 Å². The molecule has 0 spiro atoms. The number of nitrogens with zero attached hydrogens (tertiary/aromatic N) is 3. The SMILES string of the molecule is C=CCOC12Oc3ccc(OCc4ccccc4F)cc3C3C(CCCCO)C(CCCCO)C=C(C(=NOCc4ccc([N+](=O)[O-])cc4)CC1N(Cc1cccc4ccccc14)C(=O)OCCCCCCCCCCCC)C32. The standard InChI is InChI=1S/C65H80FN3O10/c1-3-5-6-7-8-9-10-11-12-21-40-75-64(72)68(44-50-27-22-26-48-23-13-15-28-54(48)50)61-43-59(67-78-45-47-31-33-52(34-32-47)69(73)74)56-41-49(24-17-19-37-70)55(29-18-20-38-71)62-57-42-53(76-46-51-25-14-16-30-58(51)66)35-36-60(57)79-65(61,63(56)62)77-39-4-2/h4,13-16,22-23,25-28,30-36,41-42,49,55,61-63,70-71H,2-3,5-12,17-21,24,29,37-40,43-46H2,1H3. The highest BCUT2D eigenvalue weighted by Crippen LogP contribution is 2.62. The van der Waals surface area contributed by atoms with Gasteiger partial charge in [-0.05, 0) is 108 Å². The molecule has 5 aromatic rings. The number of nitro benzene ring substituents is 1. The Labute approximate surface area is 465 Å². The molecular weight excluding hydrogens is 1000 g/mol. The number of ether oxygens (including phenoxy) is 4. The maximum absolute atomic E-state index is 15.5. The lowest BCUT2D eigenvalue weighted by Gasteiger charge is -2.60. The molecule has 8 rings (SSSR count). The molecule has 1 saturated carbocycles. The molecule has 6 unspecified atom stereocenters. The van der Waals surface area contributed by atoms with E-state index in [9.17, 15) is 20.3 Å². The van der Waals surface area contributed by atoms with Gasteiger partial charge in [-0.2, -0.15) is 0 Å². The summed E-state index contributed by atoms with van der Waals surface area (Å²) >= 11 is 0. The van der Waals surface area contributed by atoms with Crippen LogP contribution >= 0.6 is 0 Å². The average Bonchev–Trinajstić information content (AvgIpc) is 2.61. The largest absolute Gasteiger partial charge is 0.489 e. The van der Waals surface area contributed by atoms with Crippen LogP contribution in [0.2, 0.25) is 0 Å². The van der Waals surface area contributed by atoms with Crippen molar-refractivity contribution >= 4 is 28.3 Å². The molecule has 5 aromatic carbocycles. The number of nitro groups is 1. The number of amides is 1. The van der Waals surface area contributed by atoms with Gasteiger partial charge in [0.25, 0.3) is 5.69 Å². The van der Waals surface area contributed by atoms with E-state index in [1.54, 1.807) is 41.3 Å². The van der Waals surface area contributed by atoms with Crippen LogP contribution in [0.4, 0.5) is 14.9 Å². The molecule has 14 heteroatoms. The van der Waals surface area contributed by atoms with Crippen LogP contribution in [0.1, 0.15) is 144 Å². The summed E-state index contributed by atoms with van der Waals surface area (Å²) in [5, 5.41) is 38.8. The zero-order chi connectivity index (χ0) is 55.4. The molecule has 13 nitrogen and oxygen atoms in total. The van der Waals surface area contributed by atoms with E-state index < -0.39 is 28.8 Å². The van der Waals surface area contributed by atoms with E-state index in [0.29, 0.717) is 47.6 Å². The van der Waals surface area contributed by atoms with Gasteiger partial charge in [0.15, 0.2) is 0 Å². The zero-order valence-electron chi connectivity index (χ0n) is 46.0. The summed E-state index contributed by atoms with van der Waals surface area (Å²) in [5.74, 6) is -1.95. The number of carbonyl (C=O) groups excluding carboxylic acids is 1. The minimum Gasteiger partial charge on any atom is -0.489 e. The Morgan fingerprint density at radius 2 is 1.53 bits per heavy atom. The van der Waals surface area contributed by atoms with Gasteiger partial charge in [-0.1, -0.05) is 156 Å². The molecule has 1 heterocycles. The highest BCUT2D eigenvalue weighted by Gasteiger charge is 2.66. The van der Waals surface area contributed by atoms with E-state index in [4.69, 9.17) is 28.9 Å². The summed E-state index contributed by atoms with van der Waals surface area (Å²) < 4.78 is 42.6. The first kappa shape index (κ1) is 58.5.